The Morgan fingerprint density at radius 1 is 1.35 bits per heavy atom. The van der Waals surface area contributed by atoms with Crippen molar-refractivity contribution < 1.29 is 4.79 Å². The lowest BCUT2D eigenvalue weighted by atomic mass is 9.70. The highest BCUT2D eigenvalue weighted by molar-refractivity contribution is 5.82. The van der Waals surface area contributed by atoms with Gasteiger partial charge in [-0.15, -0.1) is 0 Å². The van der Waals surface area contributed by atoms with Crippen LogP contribution >= 0.6 is 0 Å². The highest BCUT2D eigenvalue weighted by atomic mass is 16.2. The molecule has 1 heterocycles. The van der Waals surface area contributed by atoms with Gasteiger partial charge < -0.3 is 10.6 Å². The average Bonchev–Trinajstić information content (AvgIpc) is 2.84. The molecule has 3 heteroatoms. The van der Waals surface area contributed by atoms with E-state index in [4.69, 9.17) is 0 Å². The second-order valence-corrected chi connectivity index (χ2v) is 6.62. The van der Waals surface area contributed by atoms with Gasteiger partial charge in [-0.2, -0.15) is 0 Å². The summed E-state index contributed by atoms with van der Waals surface area (Å²) in [6.45, 7) is 4.22. The first kappa shape index (κ1) is 11.5. The molecule has 1 amide bonds. The second-order valence-electron chi connectivity index (χ2n) is 6.62. The Morgan fingerprint density at radius 3 is 2.88 bits per heavy atom. The molecular weight excluding hydrogens is 212 g/mol. The molecule has 0 radical (unpaired) electrons. The zero-order valence-corrected chi connectivity index (χ0v) is 10.8. The molecule has 3 fully saturated rings. The molecule has 2 saturated carbocycles. The van der Waals surface area contributed by atoms with Gasteiger partial charge >= 0.3 is 0 Å². The van der Waals surface area contributed by atoms with Crippen LogP contribution in [0, 0.1) is 17.3 Å². The predicted octanol–water partition coefficient (Wildman–Crippen LogP) is 1.68. The average molecular weight is 236 g/mol. The first-order valence-corrected chi connectivity index (χ1v) is 7.19. The quantitative estimate of drug-likeness (QED) is 0.783. The first-order valence-electron chi connectivity index (χ1n) is 7.19. The molecule has 3 nitrogen and oxygen atoms in total. The van der Waals surface area contributed by atoms with Crippen LogP contribution in [0.25, 0.3) is 0 Å². The van der Waals surface area contributed by atoms with E-state index in [2.05, 4.69) is 17.6 Å². The molecule has 3 rings (SSSR count). The summed E-state index contributed by atoms with van der Waals surface area (Å²) in [5.41, 5.74) is 0.392. The van der Waals surface area contributed by atoms with E-state index < -0.39 is 0 Å². The van der Waals surface area contributed by atoms with E-state index in [0.29, 0.717) is 11.3 Å². The van der Waals surface area contributed by atoms with Crippen LogP contribution in [0.2, 0.25) is 0 Å². The topological polar surface area (TPSA) is 41.1 Å². The summed E-state index contributed by atoms with van der Waals surface area (Å²) in [5.74, 6) is 1.64. The molecule has 0 bridgehead atoms. The van der Waals surface area contributed by atoms with Gasteiger partial charge in [-0.25, -0.2) is 0 Å². The molecule has 3 atom stereocenters. The van der Waals surface area contributed by atoms with Crippen molar-refractivity contribution in [2.45, 2.75) is 51.5 Å². The van der Waals surface area contributed by atoms with Crippen molar-refractivity contribution in [1.29, 1.82) is 0 Å². The van der Waals surface area contributed by atoms with Gasteiger partial charge in [0.05, 0.1) is 6.04 Å². The predicted molar refractivity (Wildman–Crippen MR) is 67.6 cm³/mol. The number of carbonyl (C=O) groups excluding carboxylic acids is 1. The Bertz CT molecular complexity index is 311. The Kier molecular flexibility index (Phi) is 2.89. The molecule has 0 aromatic heterocycles. The van der Waals surface area contributed by atoms with Crippen LogP contribution in [0.3, 0.4) is 0 Å². The summed E-state index contributed by atoms with van der Waals surface area (Å²) in [7, 11) is 0. The van der Waals surface area contributed by atoms with Crippen molar-refractivity contribution in [3.8, 4) is 0 Å². The van der Waals surface area contributed by atoms with Crippen molar-refractivity contribution in [3.63, 3.8) is 0 Å². The Balaban J connectivity index is 1.52. The molecular formula is C14H24N2O. The number of fused-ring (bicyclic) bond motifs is 1. The lowest BCUT2D eigenvalue weighted by molar-refractivity contribution is -0.124. The van der Waals surface area contributed by atoms with Crippen molar-refractivity contribution in [3.05, 3.63) is 0 Å². The van der Waals surface area contributed by atoms with E-state index in [1.807, 2.05) is 0 Å². The van der Waals surface area contributed by atoms with Gasteiger partial charge in [-0.3, -0.25) is 4.79 Å². The highest BCUT2D eigenvalue weighted by Gasteiger charge is 2.42. The third-order valence-corrected chi connectivity index (χ3v) is 5.28. The molecule has 1 aliphatic heterocycles. The fourth-order valence-electron chi connectivity index (χ4n) is 3.84. The van der Waals surface area contributed by atoms with Crippen LogP contribution in [0.5, 0.6) is 0 Å². The fourth-order valence-corrected chi connectivity index (χ4v) is 3.84. The molecule has 3 aliphatic rings. The Hall–Kier alpha value is -0.570. The molecule has 0 aromatic carbocycles. The van der Waals surface area contributed by atoms with E-state index in [1.54, 1.807) is 0 Å². The van der Waals surface area contributed by atoms with Crippen molar-refractivity contribution in [2.24, 2.45) is 17.3 Å². The molecule has 2 N–H and O–H groups in total. The maximum atomic E-state index is 12.2. The van der Waals surface area contributed by atoms with Crippen LogP contribution in [0.1, 0.15) is 45.4 Å². The number of rotatable bonds is 3. The Morgan fingerprint density at radius 2 is 2.18 bits per heavy atom. The monoisotopic (exact) mass is 236 g/mol. The zero-order chi connectivity index (χ0) is 11.9. The number of carbonyl (C=O) groups is 1. The van der Waals surface area contributed by atoms with Crippen LogP contribution in [0.4, 0.5) is 0 Å². The molecule has 1 saturated heterocycles. The maximum Gasteiger partial charge on any atom is 0.237 e. The van der Waals surface area contributed by atoms with Gasteiger partial charge in [0.25, 0.3) is 0 Å². The first-order chi connectivity index (χ1) is 8.18. The summed E-state index contributed by atoms with van der Waals surface area (Å²) in [4.78, 5) is 12.2. The van der Waals surface area contributed by atoms with Crippen LogP contribution in [-0.4, -0.2) is 25.0 Å². The van der Waals surface area contributed by atoms with E-state index in [1.165, 1.54) is 38.5 Å². The normalized spacial score (nSPS) is 38.5. The van der Waals surface area contributed by atoms with E-state index in [0.717, 1.165) is 19.0 Å². The minimum atomic E-state index is 0.103. The van der Waals surface area contributed by atoms with E-state index >= 15 is 0 Å². The van der Waals surface area contributed by atoms with Gasteiger partial charge in [0, 0.05) is 6.54 Å². The largest absolute Gasteiger partial charge is 0.354 e. The molecule has 0 aromatic rings. The summed E-state index contributed by atoms with van der Waals surface area (Å²) in [5, 5.41) is 6.60. The van der Waals surface area contributed by atoms with E-state index in [9.17, 15) is 4.79 Å². The molecule has 3 unspecified atom stereocenters. The van der Waals surface area contributed by atoms with Gasteiger partial charge in [-0.1, -0.05) is 19.8 Å². The molecule has 96 valence electrons. The fraction of sp³-hybridized carbons (Fsp3) is 0.929. The number of amides is 1. The van der Waals surface area contributed by atoms with Crippen molar-refractivity contribution >= 4 is 5.91 Å². The van der Waals surface area contributed by atoms with E-state index in [-0.39, 0.29) is 11.9 Å². The van der Waals surface area contributed by atoms with Crippen molar-refractivity contribution in [1.82, 2.24) is 10.6 Å². The van der Waals surface area contributed by atoms with Gasteiger partial charge in [-0.05, 0) is 49.5 Å². The minimum Gasteiger partial charge on any atom is -0.354 e. The van der Waals surface area contributed by atoms with Crippen molar-refractivity contribution in [2.75, 3.05) is 13.1 Å². The smallest absolute Gasteiger partial charge is 0.237 e. The Labute approximate surface area is 104 Å². The number of nitrogens with one attached hydrogen (secondary N) is 2. The van der Waals surface area contributed by atoms with Gasteiger partial charge in [0.15, 0.2) is 0 Å². The highest BCUT2D eigenvalue weighted by Crippen LogP contribution is 2.40. The van der Waals surface area contributed by atoms with Crippen LogP contribution in [0.15, 0.2) is 0 Å². The zero-order valence-electron chi connectivity index (χ0n) is 10.8. The molecule has 0 spiro atoms. The van der Waals surface area contributed by atoms with Gasteiger partial charge in [0.1, 0.15) is 0 Å². The second kappa shape index (κ2) is 4.27. The third-order valence-electron chi connectivity index (χ3n) is 5.28. The summed E-state index contributed by atoms with van der Waals surface area (Å²) >= 11 is 0. The summed E-state index contributed by atoms with van der Waals surface area (Å²) in [6.07, 6.45) is 7.76. The lowest BCUT2D eigenvalue weighted by Gasteiger charge is -2.38. The molecule has 17 heavy (non-hydrogen) atoms. The number of hydrogen-bond acceptors (Lipinski definition) is 2. The molecule has 2 aliphatic carbocycles. The van der Waals surface area contributed by atoms with Crippen LogP contribution < -0.4 is 10.6 Å². The standard InChI is InChI=1S/C14H24N2O/c1-14(6-3-7-14)9-16-13(17)12-11-5-2-4-10(11)8-15-12/h10-12,15H,2-9H2,1H3,(H,16,17). The summed E-state index contributed by atoms with van der Waals surface area (Å²) in [6, 6.07) is 0.103. The third kappa shape index (κ3) is 2.10. The SMILES string of the molecule is CC1(CNC(=O)C2NCC3CCCC32)CCC1. The van der Waals surface area contributed by atoms with Crippen LogP contribution in [-0.2, 0) is 4.79 Å². The lowest BCUT2D eigenvalue weighted by Crippen LogP contribution is -2.48. The maximum absolute atomic E-state index is 12.2. The minimum absolute atomic E-state index is 0.103. The number of hydrogen-bond donors (Lipinski definition) is 2. The summed E-state index contributed by atoms with van der Waals surface area (Å²) < 4.78 is 0. The van der Waals surface area contributed by atoms with Gasteiger partial charge in [0.2, 0.25) is 5.91 Å².